The van der Waals surface area contributed by atoms with Crippen molar-refractivity contribution >= 4 is 10.0 Å². The number of nitrogens with two attached hydrogens (primary N) is 1. The molecule has 0 aliphatic carbocycles. The predicted octanol–water partition coefficient (Wildman–Crippen LogP) is 1.35. The smallest absolute Gasteiger partial charge is 0.244 e. The monoisotopic (exact) mass is 283 g/mol. The zero-order chi connectivity index (χ0) is 14.0. The minimum absolute atomic E-state index is 0.0351. The summed E-state index contributed by atoms with van der Waals surface area (Å²) >= 11 is 0. The van der Waals surface area contributed by atoms with Gasteiger partial charge in [0, 0.05) is 25.3 Å². The zero-order valence-electron chi connectivity index (χ0n) is 11.4. The fourth-order valence-corrected chi connectivity index (χ4v) is 4.17. The van der Waals surface area contributed by atoms with Gasteiger partial charge in [-0.2, -0.15) is 4.31 Å². The standard InChI is InChI=1S/C13H21N3O2S/c1-10-4-3-7-16(11(10)2)19(17,18)13-6-5-12(8-14)15-9-13/h5-6,9-11H,3-4,7-8,14H2,1-2H3. The lowest BCUT2D eigenvalue weighted by molar-refractivity contribution is 0.202. The Balaban J connectivity index is 2.30. The summed E-state index contributed by atoms with van der Waals surface area (Å²) in [6, 6.07) is 3.30. The van der Waals surface area contributed by atoms with Crippen LogP contribution in [0.25, 0.3) is 0 Å². The van der Waals surface area contributed by atoms with Crippen molar-refractivity contribution in [2.24, 2.45) is 11.7 Å². The molecule has 5 nitrogen and oxygen atoms in total. The summed E-state index contributed by atoms with van der Waals surface area (Å²) in [5, 5.41) is 0. The van der Waals surface area contributed by atoms with E-state index in [0.717, 1.165) is 12.8 Å². The number of hydrogen-bond donors (Lipinski definition) is 1. The average Bonchev–Trinajstić information content (AvgIpc) is 2.41. The number of sulfonamides is 1. The number of pyridine rings is 1. The molecule has 1 aromatic rings. The topological polar surface area (TPSA) is 76.3 Å². The van der Waals surface area contributed by atoms with Crippen LogP contribution in [0.5, 0.6) is 0 Å². The van der Waals surface area contributed by atoms with Gasteiger partial charge >= 0.3 is 0 Å². The van der Waals surface area contributed by atoms with E-state index in [9.17, 15) is 8.42 Å². The second kappa shape index (κ2) is 5.56. The molecule has 2 atom stereocenters. The molecule has 6 heteroatoms. The number of piperidine rings is 1. The van der Waals surface area contributed by atoms with E-state index in [2.05, 4.69) is 11.9 Å². The van der Waals surface area contributed by atoms with Gasteiger partial charge in [0.05, 0.1) is 5.69 Å². The van der Waals surface area contributed by atoms with Crippen LogP contribution < -0.4 is 5.73 Å². The SMILES string of the molecule is CC1CCCN(S(=O)(=O)c2ccc(CN)nc2)C1C. The molecule has 106 valence electrons. The molecule has 1 saturated heterocycles. The van der Waals surface area contributed by atoms with E-state index in [1.54, 1.807) is 16.4 Å². The highest BCUT2D eigenvalue weighted by atomic mass is 32.2. The number of aromatic nitrogens is 1. The summed E-state index contributed by atoms with van der Waals surface area (Å²) in [6.07, 6.45) is 3.40. The molecule has 0 bridgehead atoms. The van der Waals surface area contributed by atoms with Gasteiger partial charge in [-0.15, -0.1) is 0 Å². The highest BCUT2D eigenvalue weighted by Gasteiger charge is 2.34. The Kier molecular flexibility index (Phi) is 4.23. The Morgan fingerprint density at radius 3 is 2.74 bits per heavy atom. The van der Waals surface area contributed by atoms with E-state index < -0.39 is 10.0 Å². The van der Waals surface area contributed by atoms with Crippen molar-refractivity contribution in [2.75, 3.05) is 6.54 Å². The van der Waals surface area contributed by atoms with Crippen LogP contribution in [-0.2, 0) is 16.6 Å². The number of nitrogens with zero attached hydrogens (tertiary/aromatic N) is 2. The minimum atomic E-state index is -3.44. The Morgan fingerprint density at radius 2 is 2.16 bits per heavy atom. The molecule has 0 aromatic carbocycles. The Labute approximate surface area is 114 Å². The Hall–Kier alpha value is -0.980. The largest absolute Gasteiger partial charge is 0.325 e. The van der Waals surface area contributed by atoms with Crippen molar-refractivity contribution in [3.63, 3.8) is 0 Å². The van der Waals surface area contributed by atoms with Crippen LogP contribution in [0.2, 0.25) is 0 Å². The lowest BCUT2D eigenvalue weighted by Gasteiger charge is -2.36. The summed E-state index contributed by atoms with van der Waals surface area (Å²) < 4.78 is 26.8. The highest BCUT2D eigenvalue weighted by molar-refractivity contribution is 7.89. The summed E-state index contributed by atoms with van der Waals surface area (Å²) in [4.78, 5) is 4.33. The molecular weight excluding hydrogens is 262 g/mol. The second-order valence-corrected chi connectivity index (χ2v) is 7.06. The van der Waals surface area contributed by atoms with Gasteiger partial charge in [-0.25, -0.2) is 8.42 Å². The maximum Gasteiger partial charge on any atom is 0.244 e. The van der Waals surface area contributed by atoms with Gasteiger partial charge in [-0.05, 0) is 37.8 Å². The zero-order valence-corrected chi connectivity index (χ0v) is 12.2. The molecular formula is C13H21N3O2S. The lowest BCUT2D eigenvalue weighted by atomic mass is 9.94. The van der Waals surface area contributed by atoms with Crippen LogP contribution >= 0.6 is 0 Å². The van der Waals surface area contributed by atoms with Gasteiger partial charge in [0.15, 0.2) is 0 Å². The quantitative estimate of drug-likeness (QED) is 0.908. The van der Waals surface area contributed by atoms with Crippen LogP contribution in [0, 0.1) is 5.92 Å². The van der Waals surface area contributed by atoms with E-state index in [4.69, 9.17) is 5.73 Å². The lowest BCUT2D eigenvalue weighted by Crippen LogP contribution is -2.45. The van der Waals surface area contributed by atoms with Crippen molar-refractivity contribution < 1.29 is 8.42 Å². The maximum absolute atomic E-state index is 12.6. The van der Waals surface area contributed by atoms with E-state index in [1.807, 2.05) is 6.92 Å². The molecule has 1 fully saturated rings. The van der Waals surface area contributed by atoms with Gasteiger partial charge < -0.3 is 5.73 Å². The summed E-state index contributed by atoms with van der Waals surface area (Å²) in [5.41, 5.74) is 6.16. The van der Waals surface area contributed by atoms with Crippen molar-refractivity contribution in [3.8, 4) is 0 Å². The third-order valence-corrected chi connectivity index (χ3v) is 5.90. The fraction of sp³-hybridized carbons (Fsp3) is 0.615. The van der Waals surface area contributed by atoms with Gasteiger partial charge in [0.2, 0.25) is 10.0 Å². The molecule has 1 aliphatic heterocycles. The van der Waals surface area contributed by atoms with Crippen LogP contribution in [0.15, 0.2) is 23.2 Å². The summed E-state index contributed by atoms with van der Waals surface area (Å²) in [6.45, 7) is 4.98. The average molecular weight is 283 g/mol. The van der Waals surface area contributed by atoms with Gasteiger partial charge in [-0.3, -0.25) is 4.98 Å². The molecule has 2 N–H and O–H groups in total. The maximum atomic E-state index is 12.6. The third-order valence-electron chi connectivity index (χ3n) is 3.93. The first-order valence-corrected chi connectivity index (χ1v) is 8.07. The van der Waals surface area contributed by atoms with E-state index in [-0.39, 0.29) is 10.9 Å². The van der Waals surface area contributed by atoms with Crippen molar-refractivity contribution in [2.45, 2.75) is 44.2 Å². The normalized spacial score (nSPS) is 25.4. The van der Waals surface area contributed by atoms with Crippen LogP contribution in [0.3, 0.4) is 0 Å². The summed E-state index contributed by atoms with van der Waals surface area (Å²) in [5.74, 6) is 0.389. The van der Waals surface area contributed by atoms with Gasteiger partial charge in [0.1, 0.15) is 4.90 Å². The van der Waals surface area contributed by atoms with E-state index in [0.29, 0.717) is 24.7 Å². The first-order chi connectivity index (χ1) is 8.96. The summed E-state index contributed by atoms with van der Waals surface area (Å²) in [7, 11) is -3.44. The number of hydrogen-bond acceptors (Lipinski definition) is 4. The Morgan fingerprint density at radius 1 is 1.42 bits per heavy atom. The molecule has 2 rings (SSSR count). The minimum Gasteiger partial charge on any atom is -0.325 e. The first-order valence-electron chi connectivity index (χ1n) is 6.63. The third kappa shape index (κ3) is 2.80. The molecule has 1 aliphatic rings. The Bertz CT molecular complexity index is 527. The molecule has 0 spiro atoms. The predicted molar refractivity (Wildman–Crippen MR) is 73.9 cm³/mol. The number of rotatable bonds is 3. The van der Waals surface area contributed by atoms with Crippen molar-refractivity contribution in [1.82, 2.24) is 9.29 Å². The molecule has 2 unspecified atom stereocenters. The molecule has 0 amide bonds. The first kappa shape index (κ1) is 14.4. The van der Waals surface area contributed by atoms with E-state index >= 15 is 0 Å². The van der Waals surface area contributed by atoms with E-state index in [1.165, 1.54) is 6.20 Å². The molecule has 0 radical (unpaired) electrons. The van der Waals surface area contributed by atoms with Crippen molar-refractivity contribution in [1.29, 1.82) is 0 Å². The van der Waals surface area contributed by atoms with Crippen LogP contribution in [0.1, 0.15) is 32.4 Å². The fourth-order valence-electron chi connectivity index (χ4n) is 2.46. The molecule has 19 heavy (non-hydrogen) atoms. The molecule has 1 aromatic heterocycles. The van der Waals surface area contributed by atoms with Crippen LogP contribution in [0.4, 0.5) is 0 Å². The molecule has 0 saturated carbocycles. The second-order valence-electron chi connectivity index (χ2n) is 5.17. The highest BCUT2D eigenvalue weighted by Crippen LogP contribution is 2.28. The van der Waals surface area contributed by atoms with Gasteiger partial charge in [0.25, 0.3) is 0 Å². The van der Waals surface area contributed by atoms with Gasteiger partial charge in [-0.1, -0.05) is 6.92 Å². The molecule has 2 heterocycles. The van der Waals surface area contributed by atoms with Crippen LogP contribution in [-0.4, -0.2) is 30.3 Å². The van der Waals surface area contributed by atoms with Crippen molar-refractivity contribution in [3.05, 3.63) is 24.0 Å².